The first kappa shape index (κ1) is 12.2. The molecule has 88 valence electrons. The van der Waals surface area contributed by atoms with E-state index in [9.17, 15) is 20.2 Å². The van der Waals surface area contributed by atoms with Crippen molar-refractivity contribution in [3.05, 3.63) is 22.9 Å². The van der Waals surface area contributed by atoms with Crippen molar-refractivity contribution < 1.29 is 30.2 Å². The van der Waals surface area contributed by atoms with Crippen molar-refractivity contribution in [3.8, 4) is 11.5 Å². The maximum absolute atomic E-state index is 11.2. The zero-order chi connectivity index (χ0) is 12.3. The van der Waals surface area contributed by atoms with Gasteiger partial charge in [0.2, 0.25) is 5.69 Å². The predicted octanol–water partition coefficient (Wildman–Crippen LogP) is -0.322. The Morgan fingerprint density at radius 1 is 1.44 bits per heavy atom. The maximum atomic E-state index is 11.2. The van der Waals surface area contributed by atoms with Gasteiger partial charge in [0.05, 0.1) is 12.2 Å². The molecule has 0 bridgehead atoms. The zero-order valence-corrected chi connectivity index (χ0v) is 8.43. The van der Waals surface area contributed by atoms with Crippen molar-refractivity contribution in [2.24, 2.45) is 0 Å². The molecule has 0 aliphatic heterocycles. The maximum Gasteiger partial charge on any atom is 0.338 e. The molecule has 0 spiro atoms. The van der Waals surface area contributed by atoms with Crippen molar-refractivity contribution in [3.63, 3.8) is 0 Å². The highest BCUT2D eigenvalue weighted by molar-refractivity contribution is 5.91. The number of carbonyl (C=O) groups excluding carboxylic acids is 1. The average molecular weight is 229 g/mol. The van der Waals surface area contributed by atoms with Crippen LogP contribution in [0.3, 0.4) is 0 Å². The summed E-state index contributed by atoms with van der Waals surface area (Å²) in [5, 5.41) is 36.4. The molecule has 1 atom stereocenters. The molecule has 0 radical (unpaired) electrons. The summed E-state index contributed by atoms with van der Waals surface area (Å²) >= 11 is 0. The first-order valence-electron chi connectivity index (χ1n) is 4.43. The van der Waals surface area contributed by atoms with Gasteiger partial charge in [-0.2, -0.15) is 5.23 Å². The van der Waals surface area contributed by atoms with Crippen LogP contribution in [0.15, 0.2) is 12.1 Å². The molecule has 0 saturated carbocycles. The Hall–Kier alpha value is -1.83. The number of rotatable bonds is 3. The molecule has 0 aromatic heterocycles. The second-order valence-electron chi connectivity index (χ2n) is 2.92. The Balaban J connectivity index is 3.14. The molecule has 0 fully saturated rings. The number of aromatic hydroxyl groups is 2. The highest BCUT2D eigenvalue weighted by Crippen LogP contribution is 2.31. The quantitative estimate of drug-likeness (QED) is 0.321. The van der Waals surface area contributed by atoms with Crippen LogP contribution in [0, 0.1) is 5.21 Å². The summed E-state index contributed by atoms with van der Waals surface area (Å²) in [5.41, 5.74) is -0.755. The number of benzene rings is 1. The molecule has 1 unspecified atom stereocenters. The fraction of sp³-hybridized carbons (Fsp3) is 0.222. The van der Waals surface area contributed by atoms with E-state index in [1.54, 1.807) is 6.92 Å². The Labute approximate surface area is 90.6 Å². The van der Waals surface area contributed by atoms with Crippen LogP contribution in [0.5, 0.6) is 11.5 Å². The minimum absolute atomic E-state index is 0.109. The highest BCUT2D eigenvalue weighted by Gasteiger charge is 2.19. The van der Waals surface area contributed by atoms with Gasteiger partial charge >= 0.3 is 5.97 Å². The second-order valence-corrected chi connectivity index (χ2v) is 2.92. The molecule has 0 heterocycles. The highest BCUT2D eigenvalue weighted by atomic mass is 16.8. The van der Waals surface area contributed by atoms with Crippen LogP contribution in [0.2, 0.25) is 0 Å². The van der Waals surface area contributed by atoms with Crippen molar-refractivity contribution in [2.45, 2.75) is 6.92 Å². The predicted molar refractivity (Wildman–Crippen MR) is 51.5 cm³/mol. The van der Waals surface area contributed by atoms with Gasteiger partial charge < -0.3 is 20.2 Å². The standard InChI is InChI=1S/C9H11NO6/c1-2-16-9(13)5-3-6(11)8(10(14)15)7(12)4-5/h3-4,10-12,14H,2H2,1H3. The molecule has 4 N–H and O–H groups in total. The third-order valence-electron chi connectivity index (χ3n) is 1.82. The smallest absolute Gasteiger partial charge is 0.338 e. The van der Waals surface area contributed by atoms with E-state index in [-0.39, 0.29) is 12.2 Å². The lowest BCUT2D eigenvalue weighted by atomic mass is 10.1. The molecule has 16 heavy (non-hydrogen) atoms. The van der Waals surface area contributed by atoms with Gasteiger partial charge in [0.1, 0.15) is 0 Å². The Kier molecular flexibility index (Phi) is 3.67. The van der Waals surface area contributed by atoms with Crippen LogP contribution in [-0.2, 0) is 4.74 Å². The van der Waals surface area contributed by atoms with Crippen molar-refractivity contribution in [1.29, 1.82) is 0 Å². The first-order valence-corrected chi connectivity index (χ1v) is 4.43. The molecule has 1 aromatic carbocycles. The minimum atomic E-state index is -1.48. The molecule has 1 aromatic rings. The van der Waals surface area contributed by atoms with E-state index in [2.05, 4.69) is 4.74 Å². The van der Waals surface area contributed by atoms with Crippen LogP contribution in [0.1, 0.15) is 17.3 Å². The third-order valence-corrected chi connectivity index (χ3v) is 1.82. The van der Waals surface area contributed by atoms with Gasteiger partial charge in [0, 0.05) is 12.1 Å². The van der Waals surface area contributed by atoms with E-state index in [1.165, 1.54) is 0 Å². The lowest BCUT2D eigenvalue weighted by Gasteiger charge is -2.14. The van der Waals surface area contributed by atoms with Crippen LogP contribution in [0.4, 0.5) is 5.69 Å². The van der Waals surface area contributed by atoms with Crippen LogP contribution in [0.25, 0.3) is 0 Å². The summed E-state index contributed by atoms with van der Waals surface area (Å²) in [4.78, 5) is 11.2. The molecule has 0 aliphatic rings. The first-order chi connectivity index (χ1) is 7.47. The number of phenols is 2. The van der Waals surface area contributed by atoms with E-state index in [1.807, 2.05) is 0 Å². The number of esters is 1. The van der Waals surface area contributed by atoms with Crippen molar-refractivity contribution >= 4 is 11.7 Å². The molecule has 7 nitrogen and oxygen atoms in total. The molecule has 0 saturated heterocycles. The van der Waals surface area contributed by atoms with Crippen LogP contribution >= 0.6 is 0 Å². The van der Waals surface area contributed by atoms with E-state index in [0.717, 1.165) is 12.1 Å². The molecule has 7 heteroatoms. The normalized spacial score (nSPS) is 12.2. The topological polar surface area (TPSA) is 114 Å². The van der Waals surface area contributed by atoms with Crippen molar-refractivity contribution in [1.82, 2.24) is 0 Å². The van der Waals surface area contributed by atoms with E-state index in [0.29, 0.717) is 0 Å². The number of hydrogen-bond acceptors (Lipinski definition) is 6. The lowest BCUT2D eigenvalue weighted by Crippen LogP contribution is -2.99. The average Bonchev–Trinajstić information content (AvgIpc) is 2.16. The fourth-order valence-electron chi connectivity index (χ4n) is 1.16. The number of quaternary nitrogens is 1. The number of ether oxygens (including phenoxy) is 1. The third kappa shape index (κ3) is 2.40. The Morgan fingerprint density at radius 3 is 2.31 bits per heavy atom. The number of nitrogens with one attached hydrogen (secondary N) is 1. The summed E-state index contributed by atoms with van der Waals surface area (Å²) in [5.74, 6) is -2.11. The molecular weight excluding hydrogens is 218 g/mol. The molecule has 0 aliphatic carbocycles. The van der Waals surface area contributed by atoms with Gasteiger partial charge in [-0.3, -0.25) is 0 Å². The summed E-state index contributed by atoms with van der Waals surface area (Å²) < 4.78 is 4.63. The minimum Gasteiger partial charge on any atom is -0.595 e. The van der Waals surface area contributed by atoms with E-state index >= 15 is 0 Å². The molecular formula is C9H11NO6. The van der Waals surface area contributed by atoms with Gasteiger partial charge in [-0.25, -0.2) is 10.0 Å². The monoisotopic (exact) mass is 229 g/mol. The van der Waals surface area contributed by atoms with Gasteiger partial charge in [0.15, 0.2) is 11.5 Å². The SMILES string of the molecule is CCOC(=O)c1cc(O)c([NH+]([O-])O)c(O)c1. The summed E-state index contributed by atoms with van der Waals surface area (Å²) in [7, 11) is 0. The number of carbonyl (C=O) groups is 1. The van der Waals surface area contributed by atoms with E-state index < -0.39 is 28.4 Å². The second kappa shape index (κ2) is 4.79. The summed E-state index contributed by atoms with van der Waals surface area (Å²) in [6.45, 7) is 1.74. The lowest BCUT2D eigenvalue weighted by molar-refractivity contribution is -0.991. The number of phenolic OH excluding ortho intramolecular Hbond substituents is 2. The summed E-state index contributed by atoms with van der Waals surface area (Å²) in [6.07, 6.45) is 0. The number of hydrogen-bond donors (Lipinski definition) is 4. The molecule has 0 amide bonds. The van der Waals surface area contributed by atoms with Gasteiger partial charge in [-0.05, 0) is 6.92 Å². The Bertz CT molecular complexity index is 380. The Morgan fingerprint density at radius 2 is 1.94 bits per heavy atom. The van der Waals surface area contributed by atoms with Crippen LogP contribution < -0.4 is 5.23 Å². The van der Waals surface area contributed by atoms with Gasteiger partial charge in [-0.15, -0.1) is 0 Å². The largest absolute Gasteiger partial charge is 0.595 e. The fourth-order valence-corrected chi connectivity index (χ4v) is 1.16. The van der Waals surface area contributed by atoms with Gasteiger partial charge in [-0.1, -0.05) is 0 Å². The van der Waals surface area contributed by atoms with Gasteiger partial charge in [0.25, 0.3) is 0 Å². The zero-order valence-electron chi connectivity index (χ0n) is 8.43. The summed E-state index contributed by atoms with van der Waals surface area (Å²) in [6, 6.07) is 1.86. The van der Waals surface area contributed by atoms with Crippen LogP contribution in [-0.4, -0.2) is 28.0 Å². The molecule has 1 rings (SSSR count). The van der Waals surface area contributed by atoms with Crippen molar-refractivity contribution in [2.75, 3.05) is 6.61 Å². The van der Waals surface area contributed by atoms with E-state index in [4.69, 9.17) is 5.21 Å².